The number of thioether (sulfide) groups is 1. The summed E-state index contributed by atoms with van der Waals surface area (Å²) in [5, 5.41) is 14.5. The van der Waals surface area contributed by atoms with Gasteiger partial charge < -0.3 is 15.3 Å². The quantitative estimate of drug-likeness (QED) is 0.162. The van der Waals surface area contributed by atoms with Crippen LogP contribution in [0.1, 0.15) is 19.8 Å². The van der Waals surface area contributed by atoms with Gasteiger partial charge in [0.05, 0.1) is 29.1 Å². The molecule has 0 unspecified atom stereocenters. The van der Waals surface area contributed by atoms with Gasteiger partial charge in [-0.3, -0.25) is 4.79 Å². The van der Waals surface area contributed by atoms with Crippen molar-refractivity contribution in [1.82, 2.24) is 4.98 Å². The highest BCUT2D eigenvalue weighted by Gasteiger charge is 2.08. The van der Waals surface area contributed by atoms with Crippen molar-refractivity contribution in [3.63, 3.8) is 0 Å². The number of anilines is 1. The van der Waals surface area contributed by atoms with Crippen molar-refractivity contribution in [1.29, 1.82) is 0 Å². The van der Waals surface area contributed by atoms with Gasteiger partial charge in [-0.25, -0.2) is 4.98 Å². The first kappa shape index (κ1) is 19.4. The average Bonchev–Trinajstić information content (AvgIpc) is 3.01. The summed E-state index contributed by atoms with van der Waals surface area (Å²) in [5.41, 5.74) is 2.19. The van der Waals surface area contributed by atoms with Crippen molar-refractivity contribution in [3.8, 4) is 0 Å². The standard InChI is InChI=1S/C17H21N3O3S2/c1-3-8-23-9-10-24-17-19-14-6-5-13(11-15(14)25-17)18-16(21)7-4-12(2)20-22/h3,5-6,11,22H,1,4,7-10H2,2H3,(H,18,21). The molecule has 0 aliphatic carbocycles. The van der Waals surface area contributed by atoms with Gasteiger partial charge >= 0.3 is 0 Å². The fraction of sp³-hybridized carbons (Fsp3) is 0.353. The molecule has 25 heavy (non-hydrogen) atoms. The van der Waals surface area contributed by atoms with Gasteiger partial charge in [-0.2, -0.15) is 0 Å². The van der Waals surface area contributed by atoms with Crippen LogP contribution in [0.2, 0.25) is 0 Å². The number of fused-ring (bicyclic) bond motifs is 1. The highest BCUT2D eigenvalue weighted by atomic mass is 32.2. The average molecular weight is 380 g/mol. The van der Waals surface area contributed by atoms with Crippen molar-refractivity contribution in [2.24, 2.45) is 5.16 Å². The van der Waals surface area contributed by atoms with E-state index in [-0.39, 0.29) is 12.3 Å². The van der Waals surface area contributed by atoms with Gasteiger partial charge in [0.15, 0.2) is 4.34 Å². The Morgan fingerprint density at radius 1 is 1.52 bits per heavy atom. The number of amides is 1. The molecule has 134 valence electrons. The molecule has 1 heterocycles. The van der Waals surface area contributed by atoms with Crippen LogP contribution in [-0.4, -0.2) is 40.8 Å². The minimum atomic E-state index is -0.110. The molecule has 0 atom stereocenters. The van der Waals surface area contributed by atoms with Gasteiger partial charge in [0, 0.05) is 17.9 Å². The minimum Gasteiger partial charge on any atom is -0.411 e. The Morgan fingerprint density at radius 2 is 2.36 bits per heavy atom. The lowest BCUT2D eigenvalue weighted by Crippen LogP contribution is -2.12. The number of carbonyl (C=O) groups is 1. The molecule has 0 saturated heterocycles. The fourth-order valence-corrected chi connectivity index (χ4v) is 4.00. The molecule has 0 fully saturated rings. The number of thiazole rings is 1. The summed E-state index contributed by atoms with van der Waals surface area (Å²) in [6.45, 7) is 6.51. The summed E-state index contributed by atoms with van der Waals surface area (Å²) in [4.78, 5) is 16.5. The van der Waals surface area contributed by atoms with Gasteiger partial charge in [0.25, 0.3) is 0 Å². The van der Waals surface area contributed by atoms with Crippen molar-refractivity contribution in [2.75, 3.05) is 24.3 Å². The predicted octanol–water partition coefficient (Wildman–Crippen LogP) is 4.16. The Morgan fingerprint density at radius 3 is 3.12 bits per heavy atom. The SMILES string of the molecule is C=CCOCCSc1nc2ccc(NC(=O)CCC(C)=NO)cc2s1. The van der Waals surface area contributed by atoms with E-state index in [0.717, 1.165) is 26.0 Å². The van der Waals surface area contributed by atoms with E-state index in [9.17, 15) is 4.79 Å². The monoisotopic (exact) mass is 379 g/mol. The number of nitrogens with one attached hydrogen (secondary N) is 1. The van der Waals surface area contributed by atoms with Crippen LogP contribution in [0.3, 0.4) is 0 Å². The van der Waals surface area contributed by atoms with Gasteiger partial charge in [-0.1, -0.05) is 23.0 Å². The van der Waals surface area contributed by atoms with E-state index in [1.807, 2.05) is 18.2 Å². The Hall–Kier alpha value is -1.90. The molecule has 8 heteroatoms. The largest absolute Gasteiger partial charge is 0.411 e. The summed E-state index contributed by atoms with van der Waals surface area (Å²) in [5.74, 6) is 0.726. The molecule has 0 saturated carbocycles. The second-order valence-electron chi connectivity index (χ2n) is 5.26. The first-order valence-corrected chi connectivity index (χ1v) is 9.62. The molecule has 0 radical (unpaired) electrons. The molecule has 2 rings (SSSR count). The second-order valence-corrected chi connectivity index (χ2v) is 7.63. The minimum absolute atomic E-state index is 0.110. The molecular formula is C17H21N3O3S2. The van der Waals surface area contributed by atoms with E-state index in [1.54, 1.807) is 36.1 Å². The van der Waals surface area contributed by atoms with Gasteiger partial charge in [0.2, 0.25) is 5.91 Å². The molecular weight excluding hydrogens is 358 g/mol. The van der Waals surface area contributed by atoms with Gasteiger partial charge in [0.1, 0.15) is 0 Å². The molecule has 0 spiro atoms. The van der Waals surface area contributed by atoms with Crippen molar-refractivity contribution in [3.05, 3.63) is 30.9 Å². The smallest absolute Gasteiger partial charge is 0.224 e. The maximum atomic E-state index is 11.9. The van der Waals surface area contributed by atoms with Crippen LogP contribution >= 0.6 is 23.1 Å². The van der Waals surface area contributed by atoms with E-state index in [0.29, 0.717) is 25.3 Å². The maximum absolute atomic E-state index is 11.9. The zero-order valence-corrected chi connectivity index (χ0v) is 15.7. The van der Waals surface area contributed by atoms with E-state index >= 15 is 0 Å². The van der Waals surface area contributed by atoms with Crippen LogP contribution in [0.5, 0.6) is 0 Å². The molecule has 2 aromatic rings. The summed E-state index contributed by atoms with van der Waals surface area (Å²) < 4.78 is 7.37. The first-order chi connectivity index (χ1) is 12.1. The molecule has 2 N–H and O–H groups in total. The number of ether oxygens (including phenoxy) is 1. The zero-order valence-electron chi connectivity index (χ0n) is 14.0. The van der Waals surface area contributed by atoms with E-state index in [1.165, 1.54) is 0 Å². The fourth-order valence-electron chi connectivity index (χ4n) is 1.97. The lowest BCUT2D eigenvalue weighted by atomic mass is 10.2. The third-order valence-electron chi connectivity index (χ3n) is 3.23. The number of aromatic nitrogens is 1. The predicted molar refractivity (Wildman–Crippen MR) is 104 cm³/mol. The number of carbonyl (C=O) groups excluding carboxylic acids is 1. The van der Waals surface area contributed by atoms with Crippen LogP contribution in [0.25, 0.3) is 10.2 Å². The zero-order chi connectivity index (χ0) is 18.1. The molecule has 6 nitrogen and oxygen atoms in total. The maximum Gasteiger partial charge on any atom is 0.224 e. The Balaban J connectivity index is 1.90. The highest BCUT2D eigenvalue weighted by Crippen LogP contribution is 2.31. The third-order valence-corrected chi connectivity index (χ3v) is 5.35. The second kappa shape index (κ2) is 10.2. The summed E-state index contributed by atoms with van der Waals surface area (Å²) in [6.07, 6.45) is 2.44. The highest BCUT2D eigenvalue weighted by molar-refractivity contribution is 8.01. The number of benzene rings is 1. The summed E-state index contributed by atoms with van der Waals surface area (Å²) in [6, 6.07) is 5.67. The Bertz CT molecular complexity index is 759. The third kappa shape index (κ3) is 6.49. The normalized spacial score (nSPS) is 11.6. The lowest BCUT2D eigenvalue weighted by molar-refractivity contribution is -0.116. The molecule has 1 amide bonds. The Kier molecular flexibility index (Phi) is 7.90. The van der Waals surface area contributed by atoms with Gasteiger partial charge in [-0.05, 0) is 31.5 Å². The van der Waals surface area contributed by atoms with Crippen LogP contribution in [-0.2, 0) is 9.53 Å². The number of rotatable bonds is 10. The number of hydrogen-bond acceptors (Lipinski definition) is 7. The van der Waals surface area contributed by atoms with Crippen LogP contribution in [0.15, 0.2) is 40.3 Å². The lowest BCUT2D eigenvalue weighted by Gasteiger charge is -2.04. The van der Waals surface area contributed by atoms with Crippen LogP contribution in [0.4, 0.5) is 5.69 Å². The molecule has 0 bridgehead atoms. The van der Waals surface area contributed by atoms with Crippen molar-refractivity contribution >= 4 is 50.6 Å². The topological polar surface area (TPSA) is 83.8 Å². The summed E-state index contributed by atoms with van der Waals surface area (Å²) in [7, 11) is 0. The molecule has 0 aliphatic rings. The van der Waals surface area contributed by atoms with Crippen molar-refractivity contribution in [2.45, 2.75) is 24.1 Å². The number of oxime groups is 1. The summed E-state index contributed by atoms with van der Waals surface area (Å²) >= 11 is 3.25. The molecule has 1 aromatic heterocycles. The van der Waals surface area contributed by atoms with Gasteiger partial charge in [-0.15, -0.1) is 17.9 Å². The van der Waals surface area contributed by atoms with E-state index < -0.39 is 0 Å². The van der Waals surface area contributed by atoms with Crippen LogP contribution < -0.4 is 5.32 Å². The Labute approximate surface area is 155 Å². The molecule has 1 aromatic carbocycles. The van der Waals surface area contributed by atoms with E-state index in [4.69, 9.17) is 9.94 Å². The van der Waals surface area contributed by atoms with Crippen LogP contribution in [0, 0.1) is 0 Å². The number of nitrogens with zero attached hydrogens (tertiary/aromatic N) is 2. The number of hydrogen-bond donors (Lipinski definition) is 2. The first-order valence-electron chi connectivity index (χ1n) is 7.81. The van der Waals surface area contributed by atoms with E-state index in [2.05, 4.69) is 22.0 Å². The molecule has 0 aliphatic heterocycles. The van der Waals surface area contributed by atoms with Crippen molar-refractivity contribution < 1.29 is 14.7 Å².